The number of fused-ring (bicyclic) bond motifs is 1. The molecule has 0 spiro atoms. The van der Waals surface area contributed by atoms with Crippen molar-refractivity contribution in [3.05, 3.63) is 35.2 Å². The van der Waals surface area contributed by atoms with Crippen molar-refractivity contribution in [3.8, 4) is 0 Å². The van der Waals surface area contributed by atoms with Crippen molar-refractivity contribution < 1.29 is 19.1 Å². The Bertz CT molecular complexity index is 910. The molecule has 150 valence electrons. The van der Waals surface area contributed by atoms with Crippen LogP contribution >= 0.6 is 0 Å². The van der Waals surface area contributed by atoms with Crippen molar-refractivity contribution in [2.75, 3.05) is 19.0 Å². The van der Waals surface area contributed by atoms with E-state index in [-0.39, 0.29) is 6.54 Å². The van der Waals surface area contributed by atoms with Gasteiger partial charge >= 0.3 is 5.97 Å². The molecule has 1 amide bonds. The summed E-state index contributed by atoms with van der Waals surface area (Å²) in [7, 11) is 1.32. The second-order valence-corrected chi connectivity index (χ2v) is 7.42. The van der Waals surface area contributed by atoms with E-state index in [0.29, 0.717) is 22.7 Å². The van der Waals surface area contributed by atoms with E-state index < -0.39 is 17.7 Å². The minimum atomic E-state index is -0.984. The van der Waals surface area contributed by atoms with Gasteiger partial charge in [0, 0.05) is 11.9 Å². The van der Waals surface area contributed by atoms with Crippen LogP contribution in [0.1, 0.15) is 53.7 Å². The fourth-order valence-corrected chi connectivity index (χ4v) is 4.19. The van der Waals surface area contributed by atoms with Gasteiger partial charge in [0.25, 0.3) is 11.7 Å². The predicted octanol–water partition coefficient (Wildman–Crippen LogP) is 2.62. The first-order valence-electron chi connectivity index (χ1n) is 9.71. The molecule has 0 saturated heterocycles. The number of nitrogens with zero attached hydrogens (tertiary/aromatic N) is 1. The van der Waals surface area contributed by atoms with E-state index in [4.69, 9.17) is 5.73 Å². The van der Waals surface area contributed by atoms with E-state index in [9.17, 15) is 14.4 Å². The molecule has 1 fully saturated rings. The smallest absolute Gasteiger partial charge is 0.325 e. The summed E-state index contributed by atoms with van der Waals surface area (Å²) in [5.74, 6) is -1.55. The van der Waals surface area contributed by atoms with E-state index in [1.165, 1.54) is 39.2 Å². The molecule has 1 aliphatic carbocycles. The Hall–Kier alpha value is -2.83. The molecule has 1 aliphatic rings. The van der Waals surface area contributed by atoms with Crippen LogP contribution < -0.4 is 11.1 Å². The van der Waals surface area contributed by atoms with Gasteiger partial charge in [0.05, 0.1) is 23.9 Å². The van der Waals surface area contributed by atoms with Gasteiger partial charge in [0.15, 0.2) is 0 Å². The van der Waals surface area contributed by atoms with E-state index in [2.05, 4.69) is 10.1 Å². The lowest BCUT2D eigenvalue weighted by Crippen LogP contribution is -2.24. The number of primary amides is 1. The van der Waals surface area contributed by atoms with Crippen molar-refractivity contribution in [3.63, 3.8) is 0 Å². The molecule has 7 heteroatoms. The Morgan fingerprint density at radius 2 is 1.96 bits per heavy atom. The molecule has 3 N–H and O–H groups in total. The summed E-state index contributed by atoms with van der Waals surface area (Å²) in [5.41, 5.74) is 8.61. The summed E-state index contributed by atoms with van der Waals surface area (Å²) in [6.45, 7) is 1.83. The number of ether oxygens (including phenoxy) is 1. The molecular weight excluding hydrogens is 358 g/mol. The predicted molar refractivity (Wildman–Crippen MR) is 106 cm³/mol. The van der Waals surface area contributed by atoms with Crippen LogP contribution in [0.15, 0.2) is 18.3 Å². The van der Waals surface area contributed by atoms with Crippen molar-refractivity contribution in [2.45, 2.75) is 45.4 Å². The van der Waals surface area contributed by atoms with Gasteiger partial charge in [-0.25, -0.2) is 0 Å². The summed E-state index contributed by atoms with van der Waals surface area (Å²) in [4.78, 5) is 35.9. The molecule has 2 heterocycles. The lowest BCUT2D eigenvalue weighted by atomic mass is 9.85. The highest BCUT2D eigenvalue weighted by Crippen LogP contribution is 2.34. The minimum absolute atomic E-state index is 0.0391. The monoisotopic (exact) mass is 385 g/mol. The highest BCUT2D eigenvalue weighted by molar-refractivity contribution is 6.44. The second kappa shape index (κ2) is 8.46. The maximum atomic E-state index is 12.6. The zero-order valence-electron chi connectivity index (χ0n) is 16.4. The number of nitrogens with two attached hydrogens (primary N) is 1. The van der Waals surface area contributed by atoms with Crippen molar-refractivity contribution in [1.29, 1.82) is 0 Å². The van der Waals surface area contributed by atoms with Gasteiger partial charge in [-0.1, -0.05) is 32.1 Å². The number of anilines is 1. The molecular formula is C21H27N3O4. The normalized spacial score (nSPS) is 14.8. The van der Waals surface area contributed by atoms with Gasteiger partial charge in [-0.3, -0.25) is 14.4 Å². The van der Waals surface area contributed by atoms with Crippen LogP contribution in [0, 0.1) is 12.8 Å². The number of esters is 1. The Labute approximate surface area is 164 Å². The quantitative estimate of drug-likeness (QED) is 0.433. The summed E-state index contributed by atoms with van der Waals surface area (Å²) < 4.78 is 6.64. The van der Waals surface area contributed by atoms with Crippen molar-refractivity contribution in [1.82, 2.24) is 4.40 Å². The highest BCUT2D eigenvalue weighted by atomic mass is 16.5. The molecule has 2 aromatic rings. The summed E-state index contributed by atoms with van der Waals surface area (Å²) >= 11 is 0. The van der Waals surface area contributed by atoms with E-state index in [1.54, 1.807) is 6.07 Å². The molecule has 7 nitrogen and oxygen atoms in total. The van der Waals surface area contributed by atoms with Crippen LogP contribution in [0.4, 0.5) is 5.69 Å². The SMILES string of the molecule is COC(=O)CNc1cccn2c(CC3CCCCC3)c(C)c(C(=O)C(N)=O)c12. The van der Waals surface area contributed by atoms with Gasteiger partial charge < -0.3 is 20.2 Å². The Kier molecular flexibility index (Phi) is 6.02. The topological polar surface area (TPSA) is 103 Å². The first-order chi connectivity index (χ1) is 13.4. The third-order valence-corrected chi connectivity index (χ3v) is 5.64. The number of carbonyl (C=O) groups excluding carboxylic acids is 3. The number of pyridine rings is 1. The molecule has 0 aliphatic heterocycles. The first kappa shape index (κ1) is 19.9. The zero-order chi connectivity index (χ0) is 20.3. The number of ketones is 1. The van der Waals surface area contributed by atoms with Gasteiger partial charge in [-0.2, -0.15) is 0 Å². The number of carbonyl (C=O) groups is 3. The third kappa shape index (κ3) is 3.88. The number of rotatable bonds is 7. The number of nitrogens with one attached hydrogen (secondary N) is 1. The maximum absolute atomic E-state index is 12.6. The number of hydrogen-bond acceptors (Lipinski definition) is 5. The zero-order valence-corrected chi connectivity index (χ0v) is 16.4. The molecule has 28 heavy (non-hydrogen) atoms. The van der Waals surface area contributed by atoms with E-state index in [0.717, 1.165) is 17.7 Å². The highest BCUT2D eigenvalue weighted by Gasteiger charge is 2.27. The van der Waals surface area contributed by atoms with Crippen molar-refractivity contribution >= 4 is 28.9 Å². The lowest BCUT2D eigenvalue weighted by molar-refractivity contribution is -0.138. The average Bonchev–Trinajstić information content (AvgIpc) is 2.98. The molecule has 1 saturated carbocycles. The molecule has 0 atom stereocenters. The molecule has 0 bridgehead atoms. The van der Waals surface area contributed by atoms with Crippen molar-refractivity contribution in [2.24, 2.45) is 11.7 Å². The van der Waals surface area contributed by atoms with Gasteiger partial charge in [-0.05, 0) is 37.0 Å². The standard InChI is InChI=1S/C21H27N3O4/c1-13-16(11-14-7-4-3-5-8-14)24-10-6-9-15(23-12-17(25)28-2)19(24)18(13)20(26)21(22)27/h6,9-10,14,23H,3-5,7-8,11-12H2,1-2H3,(H2,22,27). The Morgan fingerprint density at radius 3 is 2.61 bits per heavy atom. The third-order valence-electron chi connectivity index (χ3n) is 5.64. The fraction of sp³-hybridized carbons (Fsp3) is 0.476. The number of methoxy groups -OCH3 is 1. The van der Waals surface area contributed by atoms with Crippen LogP contribution in [-0.2, 0) is 20.7 Å². The maximum Gasteiger partial charge on any atom is 0.325 e. The van der Waals surface area contributed by atoms with Crippen LogP contribution in [0.3, 0.4) is 0 Å². The largest absolute Gasteiger partial charge is 0.468 e. The molecule has 0 unspecified atom stereocenters. The van der Waals surface area contributed by atoms with Crippen LogP contribution in [0.5, 0.6) is 0 Å². The van der Waals surface area contributed by atoms with E-state index in [1.807, 2.05) is 23.6 Å². The Morgan fingerprint density at radius 1 is 1.25 bits per heavy atom. The molecule has 3 rings (SSSR count). The fourth-order valence-electron chi connectivity index (χ4n) is 4.19. The number of aromatic nitrogens is 1. The van der Waals surface area contributed by atoms with Crippen LogP contribution in [-0.4, -0.2) is 35.7 Å². The summed E-state index contributed by atoms with van der Waals surface area (Å²) in [5, 5.41) is 3.02. The van der Waals surface area contributed by atoms with Gasteiger partial charge in [-0.15, -0.1) is 0 Å². The van der Waals surface area contributed by atoms with Gasteiger partial charge in [0.2, 0.25) is 0 Å². The summed E-state index contributed by atoms with van der Waals surface area (Å²) in [6.07, 6.45) is 8.81. The Balaban J connectivity index is 2.10. The second-order valence-electron chi connectivity index (χ2n) is 7.42. The molecule has 0 radical (unpaired) electrons. The molecule has 0 aromatic carbocycles. The number of amides is 1. The van der Waals surface area contributed by atoms with Gasteiger partial charge in [0.1, 0.15) is 6.54 Å². The lowest BCUT2D eigenvalue weighted by Gasteiger charge is -2.22. The number of Topliss-reactive ketones (excluding diaryl/α,β-unsaturated/α-hetero) is 1. The summed E-state index contributed by atoms with van der Waals surface area (Å²) in [6, 6.07) is 3.63. The minimum Gasteiger partial charge on any atom is -0.468 e. The average molecular weight is 385 g/mol. The van der Waals surface area contributed by atoms with Crippen LogP contribution in [0.2, 0.25) is 0 Å². The first-order valence-corrected chi connectivity index (χ1v) is 9.71. The van der Waals surface area contributed by atoms with E-state index >= 15 is 0 Å². The molecule has 2 aromatic heterocycles. The number of hydrogen-bond donors (Lipinski definition) is 2. The van der Waals surface area contributed by atoms with Crippen LogP contribution in [0.25, 0.3) is 5.52 Å².